The molecule has 1 amide bonds. The third kappa shape index (κ3) is 5.13. The highest BCUT2D eigenvalue weighted by Crippen LogP contribution is 2.39. The summed E-state index contributed by atoms with van der Waals surface area (Å²) in [7, 11) is 0. The monoisotopic (exact) mass is 429 g/mol. The average Bonchev–Trinajstić information content (AvgIpc) is 3.20. The quantitative estimate of drug-likeness (QED) is 0.439. The Kier molecular flexibility index (Phi) is 6.23. The van der Waals surface area contributed by atoms with E-state index < -0.39 is 18.7 Å². The number of anilines is 1. The molecule has 29 heavy (non-hydrogen) atoms. The van der Waals surface area contributed by atoms with Crippen molar-refractivity contribution in [3.8, 4) is 5.88 Å². The van der Waals surface area contributed by atoms with Crippen LogP contribution in [0.2, 0.25) is 5.15 Å². The number of hydrogen-bond acceptors (Lipinski definition) is 6. The Morgan fingerprint density at radius 2 is 2.00 bits per heavy atom. The number of alkyl halides is 3. The Hall–Kier alpha value is -2.46. The van der Waals surface area contributed by atoms with Crippen LogP contribution in [0.4, 0.5) is 19.0 Å². The lowest BCUT2D eigenvalue weighted by Crippen LogP contribution is -2.39. The lowest BCUT2D eigenvalue weighted by atomic mass is 9.96. The van der Waals surface area contributed by atoms with Gasteiger partial charge in [-0.05, 0) is 43.9 Å². The summed E-state index contributed by atoms with van der Waals surface area (Å²) in [6.07, 6.45) is -1.02. The van der Waals surface area contributed by atoms with Crippen LogP contribution < -0.4 is 15.6 Å². The smallest absolute Gasteiger partial charge is 0.422 e. The lowest BCUT2D eigenvalue weighted by Gasteiger charge is -2.20. The van der Waals surface area contributed by atoms with Gasteiger partial charge in [-0.3, -0.25) is 4.79 Å². The minimum atomic E-state index is -4.49. The molecular weight excluding hydrogens is 411 g/mol. The first kappa shape index (κ1) is 21.3. The van der Waals surface area contributed by atoms with Crippen LogP contribution in [0.1, 0.15) is 53.2 Å². The zero-order chi connectivity index (χ0) is 21.2. The molecule has 2 heterocycles. The molecule has 1 fully saturated rings. The summed E-state index contributed by atoms with van der Waals surface area (Å²) in [5.41, 5.74) is 0.841. The van der Waals surface area contributed by atoms with Gasteiger partial charge in [0.05, 0.1) is 11.3 Å². The summed E-state index contributed by atoms with van der Waals surface area (Å²) in [6.45, 7) is 0.0589. The summed E-state index contributed by atoms with van der Waals surface area (Å²) < 4.78 is 42.8. The van der Waals surface area contributed by atoms with Gasteiger partial charge in [0, 0.05) is 5.56 Å². The summed E-state index contributed by atoms with van der Waals surface area (Å²) in [6, 6.07) is 4.38. The van der Waals surface area contributed by atoms with Gasteiger partial charge in [0.2, 0.25) is 5.88 Å². The molecule has 3 rings (SSSR count). The molecule has 7 nitrogen and oxygen atoms in total. The predicted molar refractivity (Wildman–Crippen MR) is 99.8 cm³/mol. The van der Waals surface area contributed by atoms with Gasteiger partial charge < -0.3 is 4.74 Å². The minimum Gasteiger partial charge on any atom is -0.468 e. The fourth-order valence-electron chi connectivity index (χ4n) is 3.28. The molecule has 156 valence electrons. The van der Waals surface area contributed by atoms with E-state index in [-0.39, 0.29) is 34.0 Å². The van der Waals surface area contributed by atoms with Gasteiger partial charge in [0.25, 0.3) is 5.91 Å². The van der Waals surface area contributed by atoms with Gasteiger partial charge >= 0.3 is 6.18 Å². The Bertz CT molecular complexity index is 886. The van der Waals surface area contributed by atoms with Crippen LogP contribution >= 0.6 is 11.6 Å². The van der Waals surface area contributed by atoms with E-state index in [0.29, 0.717) is 5.56 Å². The molecule has 0 aromatic carbocycles. The number of pyridine rings is 1. The maximum atomic E-state index is 12.9. The number of hydrogen-bond donors (Lipinski definition) is 1. The molecule has 1 aliphatic rings. The molecule has 0 aliphatic heterocycles. The highest BCUT2D eigenvalue weighted by Gasteiger charge is 2.31. The van der Waals surface area contributed by atoms with Gasteiger partial charge in [0.1, 0.15) is 0 Å². The van der Waals surface area contributed by atoms with Crippen molar-refractivity contribution in [3.05, 3.63) is 40.2 Å². The van der Waals surface area contributed by atoms with E-state index in [1.807, 2.05) is 0 Å². The first-order chi connectivity index (χ1) is 13.7. The Morgan fingerprint density at radius 3 is 2.59 bits per heavy atom. The van der Waals surface area contributed by atoms with Crippen LogP contribution in [0.5, 0.6) is 5.88 Å². The van der Waals surface area contributed by atoms with E-state index in [4.69, 9.17) is 22.2 Å². The van der Waals surface area contributed by atoms with Crippen LogP contribution in [0.3, 0.4) is 0 Å². The van der Waals surface area contributed by atoms with E-state index in [2.05, 4.69) is 15.2 Å². The largest absolute Gasteiger partial charge is 0.468 e. The normalized spacial score (nSPS) is 14.8. The number of nitrogens with two attached hydrogens (primary N) is 1. The number of nitrogens with zero attached hydrogens (tertiary/aromatic N) is 4. The van der Waals surface area contributed by atoms with Gasteiger partial charge in [0.15, 0.2) is 17.6 Å². The molecule has 2 aromatic rings. The fraction of sp³-hybridized carbons (Fsp3) is 0.444. The van der Waals surface area contributed by atoms with Crippen LogP contribution in [0.25, 0.3) is 0 Å². The molecule has 0 bridgehead atoms. The number of amides is 1. The number of hydrazine groups is 1. The molecule has 0 saturated heterocycles. The maximum absolute atomic E-state index is 12.9. The van der Waals surface area contributed by atoms with Crippen molar-refractivity contribution in [1.82, 2.24) is 15.2 Å². The minimum absolute atomic E-state index is 0.0283. The molecule has 0 radical (unpaired) electrons. The van der Waals surface area contributed by atoms with Crippen LogP contribution in [0.15, 0.2) is 18.2 Å². The van der Waals surface area contributed by atoms with Crippen LogP contribution in [0, 0.1) is 6.92 Å². The number of aromatic nitrogens is 3. The Morgan fingerprint density at radius 1 is 1.31 bits per heavy atom. The fourth-order valence-corrected chi connectivity index (χ4v) is 3.38. The molecule has 1 saturated carbocycles. The number of carbonyl (C=O) groups is 1. The zero-order valence-corrected chi connectivity index (χ0v) is 16.3. The second kappa shape index (κ2) is 8.50. The summed E-state index contributed by atoms with van der Waals surface area (Å²) >= 11 is 5.69. The summed E-state index contributed by atoms with van der Waals surface area (Å²) in [5, 5.41) is 8.33. The lowest BCUT2D eigenvalue weighted by molar-refractivity contribution is -0.154. The average molecular weight is 430 g/mol. The second-order valence-corrected chi connectivity index (χ2v) is 7.18. The van der Waals surface area contributed by atoms with E-state index in [0.717, 1.165) is 30.7 Å². The van der Waals surface area contributed by atoms with Crippen molar-refractivity contribution >= 4 is 23.3 Å². The molecule has 2 aromatic heterocycles. The Labute approximate surface area is 170 Å². The summed E-state index contributed by atoms with van der Waals surface area (Å²) in [4.78, 5) is 17.0. The van der Waals surface area contributed by atoms with Gasteiger partial charge in [-0.15, -0.1) is 10.2 Å². The predicted octanol–water partition coefficient (Wildman–Crippen LogP) is 3.95. The Balaban J connectivity index is 1.94. The van der Waals surface area contributed by atoms with Crippen molar-refractivity contribution in [2.45, 2.75) is 44.7 Å². The topological polar surface area (TPSA) is 94.2 Å². The highest BCUT2D eigenvalue weighted by molar-refractivity contribution is 6.29. The first-order valence-corrected chi connectivity index (χ1v) is 9.33. The third-order valence-electron chi connectivity index (χ3n) is 4.69. The van der Waals surface area contributed by atoms with Crippen molar-refractivity contribution in [1.29, 1.82) is 0 Å². The number of carbonyl (C=O) groups excluding carboxylic acids is 1. The first-order valence-electron chi connectivity index (χ1n) is 8.95. The molecule has 0 atom stereocenters. The summed E-state index contributed by atoms with van der Waals surface area (Å²) in [5.74, 6) is 5.20. The molecule has 11 heteroatoms. The van der Waals surface area contributed by atoms with Gasteiger partial charge in [-0.1, -0.05) is 24.4 Å². The van der Waals surface area contributed by atoms with Gasteiger partial charge in [-0.25, -0.2) is 15.8 Å². The number of rotatable bonds is 5. The number of aryl methyl sites for hydroxylation is 1. The third-order valence-corrected chi connectivity index (χ3v) is 4.89. The van der Waals surface area contributed by atoms with E-state index in [9.17, 15) is 18.0 Å². The molecule has 1 aliphatic carbocycles. The number of halogens is 4. The van der Waals surface area contributed by atoms with Crippen molar-refractivity contribution in [2.75, 3.05) is 11.6 Å². The number of ether oxygens (including phenoxy) is 1. The zero-order valence-electron chi connectivity index (χ0n) is 15.5. The molecular formula is C18H19ClF3N5O2. The van der Waals surface area contributed by atoms with Gasteiger partial charge in [-0.2, -0.15) is 13.2 Å². The van der Waals surface area contributed by atoms with Crippen molar-refractivity contribution < 1.29 is 22.7 Å². The SMILES string of the molecule is Cc1nc(OCC(F)(F)F)c(C2CCCC2)cc1C(=O)N(N)c1ccc(Cl)nn1. The van der Waals surface area contributed by atoms with Crippen molar-refractivity contribution in [2.24, 2.45) is 5.84 Å². The highest BCUT2D eigenvalue weighted by atomic mass is 35.5. The standard InChI is InChI=1S/C18H19ClF3N5O2/c1-10-12(17(28)27(23)15-7-6-14(19)25-26-15)8-13(11-4-2-3-5-11)16(24-10)29-9-18(20,21)22/h6-8,11H,2-5,9,23H2,1H3. The molecule has 0 spiro atoms. The maximum Gasteiger partial charge on any atom is 0.422 e. The van der Waals surface area contributed by atoms with Crippen LogP contribution in [-0.2, 0) is 0 Å². The van der Waals surface area contributed by atoms with Crippen molar-refractivity contribution in [3.63, 3.8) is 0 Å². The molecule has 0 unspecified atom stereocenters. The van der Waals surface area contributed by atoms with E-state index in [1.165, 1.54) is 25.1 Å². The second-order valence-electron chi connectivity index (χ2n) is 6.79. The van der Waals surface area contributed by atoms with E-state index in [1.54, 1.807) is 0 Å². The van der Waals surface area contributed by atoms with E-state index >= 15 is 0 Å². The van der Waals surface area contributed by atoms with Crippen LogP contribution in [-0.4, -0.2) is 33.9 Å². The molecule has 2 N–H and O–H groups in total.